The lowest BCUT2D eigenvalue weighted by Crippen LogP contribution is -2.41. The molecule has 2 aromatic carbocycles. The molecule has 0 bridgehead atoms. The molecule has 0 spiro atoms. The summed E-state index contributed by atoms with van der Waals surface area (Å²) in [7, 11) is 0. The lowest BCUT2D eigenvalue weighted by atomic mass is 9.89. The number of hydrogen-bond donors (Lipinski definition) is 2. The zero-order chi connectivity index (χ0) is 14.9. The summed E-state index contributed by atoms with van der Waals surface area (Å²) in [6.45, 7) is 0. The molecular formula is C17H12N2O2. The molecule has 1 atom stereocenters. The molecule has 102 valence electrons. The summed E-state index contributed by atoms with van der Waals surface area (Å²) >= 11 is 0. The number of nitrogens with one attached hydrogen (secondary N) is 1. The molecule has 1 aliphatic heterocycles. The molecule has 1 aliphatic rings. The van der Waals surface area contributed by atoms with Crippen molar-refractivity contribution in [3.63, 3.8) is 0 Å². The molecule has 0 saturated heterocycles. The van der Waals surface area contributed by atoms with Gasteiger partial charge in [-0.3, -0.25) is 4.79 Å². The van der Waals surface area contributed by atoms with Gasteiger partial charge in [-0.1, -0.05) is 60.7 Å². The molecule has 2 aromatic rings. The molecule has 0 saturated carbocycles. The van der Waals surface area contributed by atoms with Gasteiger partial charge in [0.2, 0.25) is 0 Å². The fourth-order valence-corrected chi connectivity index (χ4v) is 2.54. The third-order valence-corrected chi connectivity index (χ3v) is 3.50. The Morgan fingerprint density at radius 3 is 2.14 bits per heavy atom. The monoisotopic (exact) mass is 276 g/mol. The van der Waals surface area contributed by atoms with Gasteiger partial charge in [0, 0.05) is 11.1 Å². The quantitative estimate of drug-likeness (QED) is 0.880. The van der Waals surface area contributed by atoms with Crippen LogP contribution in [0.2, 0.25) is 0 Å². The van der Waals surface area contributed by atoms with Gasteiger partial charge in [-0.2, -0.15) is 5.26 Å². The Morgan fingerprint density at radius 2 is 1.57 bits per heavy atom. The van der Waals surface area contributed by atoms with Gasteiger partial charge in [0.25, 0.3) is 5.91 Å². The van der Waals surface area contributed by atoms with Gasteiger partial charge < -0.3 is 10.4 Å². The molecular weight excluding hydrogens is 264 g/mol. The molecule has 0 aliphatic carbocycles. The lowest BCUT2D eigenvalue weighted by Gasteiger charge is -2.27. The third-order valence-electron chi connectivity index (χ3n) is 3.50. The minimum absolute atomic E-state index is 0.0625. The summed E-state index contributed by atoms with van der Waals surface area (Å²) in [6, 6.07) is 19.6. The molecule has 0 aromatic heterocycles. The Kier molecular flexibility index (Phi) is 3.05. The van der Waals surface area contributed by atoms with E-state index in [4.69, 9.17) is 0 Å². The van der Waals surface area contributed by atoms with Gasteiger partial charge >= 0.3 is 0 Å². The van der Waals surface area contributed by atoms with E-state index >= 15 is 0 Å². The first-order valence-corrected chi connectivity index (χ1v) is 6.47. The van der Waals surface area contributed by atoms with Gasteiger partial charge in [-0.25, -0.2) is 0 Å². The topological polar surface area (TPSA) is 73.1 Å². The number of benzene rings is 2. The summed E-state index contributed by atoms with van der Waals surface area (Å²) in [6.07, 6.45) is 0. The molecule has 4 nitrogen and oxygen atoms in total. The first kappa shape index (κ1) is 13.1. The second-order valence-corrected chi connectivity index (χ2v) is 4.76. The maximum atomic E-state index is 12.0. The number of hydrogen-bond acceptors (Lipinski definition) is 3. The summed E-state index contributed by atoms with van der Waals surface area (Å²) < 4.78 is 0. The highest BCUT2D eigenvalue weighted by molar-refractivity contribution is 6.11. The summed E-state index contributed by atoms with van der Waals surface area (Å²) in [5.41, 5.74) is -0.305. The predicted octanol–water partition coefficient (Wildman–Crippen LogP) is 1.94. The van der Waals surface area contributed by atoms with E-state index in [-0.39, 0.29) is 5.57 Å². The van der Waals surface area contributed by atoms with Gasteiger partial charge in [-0.15, -0.1) is 0 Å². The van der Waals surface area contributed by atoms with Crippen LogP contribution in [0.3, 0.4) is 0 Å². The van der Waals surface area contributed by atoms with Gasteiger partial charge in [0.1, 0.15) is 11.6 Å². The summed E-state index contributed by atoms with van der Waals surface area (Å²) in [5.74, 6) is -0.567. The van der Waals surface area contributed by atoms with Crippen LogP contribution in [0.5, 0.6) is 0 Å². The van der Waals surface area contributed by atoms with Crippen molar-refractivity contribution in [1.82, 2.24) is 5.32 Å². The zero-order valence-corrected chi connectivity index (χ0v) is 11.1. The third kappa shape index (κ3) is 2.00. The Labute approximate surface area is 122 Å². The highest BCUT2D eigenvalue weighted by Gasteiger charge is 2.45. The van der Waals surface area contributed by atoms with Crippen LogP contribution in [0.15, 0.2) is 66.2 Å². The number of rotatable bonds is 2. The average Bonchev–Trinajstić information content (AvgIpc) is 2.80. The number of carbonyl (C=O) groups is 1. The zero-order valence-electron chi connectivity index (χ0n) is 11.1. The average molecular weight is 276 g/mol. The molecule has 0 unspecified atom stereocenters. The van der Waals surface area contributed by atoms with Crippen LogP contribution in [0.1, 0.15) is 11.1 Å². The van der Waals surface area contributed by atoms with Gasteiger partial charge in [0.05, 0.1) is 0 Å². The first-order valence-electron chi connectivity index (χ1n) is 6.47. The summed E-state index contributed by atoms with van der Waals surface area (Å²) in [5, 5.41) is 22.8. The van der Waals surface area contributed by atoms with Crippen LogP contribution in [0.25, 0.3) is 5.57 Å². The molecule has 0 radical (unpaired) electrons. The number of nitrogens with zero attached hydrogens (tertiary/aromatic N) is 1. The van der Waals surface area contributed by atoms with Crippen molar-refractivity contribution in [2.75, 3.05) is 0 Å². The maximum Gasteiger partial charge on any atom is 0.265 e. The minimum atomic E-state index is -1.69. The molecule has 1 amide bonds. The van der Waals surface area contributed by atoms with E-state index in [1.165, 1.54) is 0 Å². The Bertz CT molecular complexity index is 760. The van der Waals surface area contributed by atoms with Gasteiger partial charge in [-0.05, 0) is 5.56 Å². The maximum absolute atomic E-state index is 12.0. The Morgan fingerprint density at radius 1 is 1.00 bits per heavy atom. The Balaban J connectivity index is 2.26. The lowest BCUT2D eigenvalue weighted by molar-refractivity contribution is -0.120. The fraction of sp³-hybridized carbons (Fsp3) is 0.0588. The molecule has 4 heteroatoms. The van der Waals surface area contributed by atoms with E-state index in [0.717, 1.165) is 0 Å². The number of aliphatic hydroxyl groups is 1. The number of nitriles is 1. The van der Waals surface area contributed by atoms with Crippen molar-refractivity contribution in [3.05, 3.63) is 77.4 Å². The molecule has 21 heavy (non-hydrogen) atoms. The fourth-order valence-electron chi connectivity index (χ4n) is 2.54. The summed E-state index contributed by atoms with van der Waals surface area (Å²) in [4.78, 5) is 12.0. The number of carbonyl (C=O) groups excluding carboxylic acids is 1. The van der Waals surface area contributed by atoms with Crippen LogP contribution in [0, 0.1) is 11.3 Å². The second kappa shape index (κ2) is 4.89. The van der Waals surface area contributed by atoms with Crippen molar-refractivity contribution < 1.29 is 9.90 Å². The SMILES string of the molecule is N#CC1=C(c2ccccc2)[C@](O)(c2ccccc2)NC1=O. The normalized spacial score (nSPS) is 21.0. The van der Waals surface area contributed by atoms with E-state index in [1.807, 2.05) is 18.2 Å². The molecule has 1 heterocycles. The van der Waals surface area contributed by atoms with E-state index in [9.17, 15) is 15.2 Å². The molecule has 3 rings (SSSR count). The Hall–Kier alpha value is -2.90. The highest BCUT2D eigenvalue weighted by atomic mass is 16.3. The van der Waals surface area contributed by atoms with Gasteiger partial charge in [0.15, 0.2) is 5.72 Å². The minimum Gasteiger partial charge on any atom is -0.363 e. The van der Waals surface area contributed by atoms with E-state index in [2.05, 4.69) is 5.32 Å². The molecule has 0 fully saturated rings. The highest BCUT2D eigenvalue weighted by Crippen LogP contribution is 2.40. The van der Waals surface area contributed by atoms with Crippen LogP contribution in [-0.4, -0.2) is 11.0 Å². The van der Waals surface area contributed by atoms with E-state index in [0.29, 0.717) is 16.7 Å². The van der Waals surface area contributed by atoms with Crippen molar-refractivity contribution >= 4 is 11.5 Å². The van der Waals surface area contributed by atoms with Crippen LogP contribution >= 0.6 is 0 Å². The van der Waals surface area contributed by atoms with Crippen molar-refractivity contribution in [2.24, 2.45) is 0 Å². The van der Waals surface area contributed by atoms with Crippen LogP contribution < -0.4 is 5.32 Å². The van der Waals surface area contributed by atoms with E-state index in [1.54, 1.807) is 48.5 Å². The smallest absolute Gasteiger partial charge is 0.265 e. The van der Waals surface area contributed by atoms with Crippen LogP contribution in [0.4, 0.5) is 0 Å². The van der Waals surface area contributed by atoms with Crippen molar-refractivity contribution in [1.29, 1.82) is 5.26 Å². The largest absolute Gasteiger partial charge is 0.363 e. The number of amides is 1. The predicted molar refractivity (Wildman–Crippen MR) is 77.5 cm³/mol. The van der Waals surface area contributed by atoms with E-state index < -0.39 is 11.6 Å². The molecule has 2 N–H and O–H groups in total. The standard InChI is InChI=1S/C17H12N2O2/c18-11-14-15(12-7-3-1-4-8-12)17(21,19-16(14)20)13-9-5-2-6-10-13/h1-10,21H,(H,19,20)/t17-/m1/s1. The second-order valence-electron chi connectivity index (χ2n) is 4.76. The van der Waals surface area contributed by atoms with Crippen molar-refractivity contribution in [3.8, 4) is 6.07 Å². The van der Waals surface area contributed by atoms with Crippen LogP contribution in [-0.2, 0) is 10.5 Å². The van der Waals surface area contributed by atoms with Crippen molar-refractivity contribution in [2.45, 2.75) is 5.72 Å². The first-order chi connectivity index (χ1) is 10.2.